The molecule has 39 heavy (non-hydrogen) atoms. The van der Waals surface area contributed by atoms with Crippen molar-refractivity contribution in [3.05, 3.63) is 89.8 Å². The summed E-state index contributed by atoms with van der Waals surface area (Å²) in [6.07, 6.45) is 11.1. The van der Waals surface area contributed by atoms with Crippen molar-refractivity contribution in [2.75, 3.05) is 31.0 Å². The van der Waals surface area contributed by atoms with Crippen LogP contribution in [0.2, 0.25) is 0 Å². The number of hydrogen-bond acceptors (Lipinski definition) is 4. The summed E-state index contributed by atoms with van der Waals surface area (Å²) >= 11 is 0. The molecule has 2 fully saturated rings. The summed E-state index contributed by atoms with van der Waals surface area (Å²) in [7, 11) is 5.26. The third-order valence-corrected chi connectivity index (χ3v) is 7.63. The van der Waals surface area contributed by atoms with Gasteiger partial charge in [-0.05, 0) is 76.9 Å². The summed E-state index contributed by atoms with van der Waals surface area (Å²) in [5.74, 6) is 1.30. The highest BCUT2D eigenvalue weighted by atomic mass is 19.1. The van der Waals surface area contributed by atoms with Crippen LogP contribution in [0.3, 0.4) is 0 Å². The molecule has 0 aromatic heterocycles. The zero-order chi connectivity index (χ0) is 27.8. The standard InChI is InChI=1S/C26H25FN2O3.C7H12/c1-28(2)24-11-9-22(10-12-24)21-7-4-19(5-8-21)17-29(18-30)25-15-20(14-23(27)16-25)6-13-26(31)32-3;1-2-7-4-3-6(1)5-7/h4-16,18H,17H2,1-3H3;6-7H,1-5H2/b13-6+;. The maximum Gasteiger partial charge on any atom is 0.330 e. The molecule has 0 unspecified atom stereocenters. The average Bonchev–Trinajstić information content (AvgIpc) is 3.62. The first-order valence-electron chi connectivity index (χ1n) is 13.5. The van der Waals surface area contributed by atoms with E-state index in [0.29, 0.717) is 17.7 Å². The van der Waals surface area contributed by atoms with E-state index in [-0.39, 0.29) is 6.54 Å². The second kappa shape index (κ2) is 13.2. The number of rotatable bonds is 8. The highest BCUT2D eigenvalue weighted by molar-refractivity contribution is 5.87. The number of fused-ring (bicyclic) bond motifs is 2. The minimum Gasteiger partial charge on any atom is -0.466 e. The first kappa shape index (κ1) is 28.1. The molecule has 3 aromatic carbocycles. The minimum absolute atomic E-state index is 0.285. The first-order chi connectivity index (χ1) is 18.8. The fraction of sp³-hybridized carbons (Fsp3) is 0.333. The lowest BCUT2D eigenvalue weighted by molar-refractivity contribution is -0.134. The molecular formula is C33H37FN2O3. The van der Waals surface area contributed by atoms with Crippen LogP contribution < -0.4 is 9.80 Å². The molecule has 0 N–H and O–H groups in total. The van der Waals surface area contributed by atoms with E-state index in [9.17, 15) is 14.0 Å². The molecule has 0 saturated heterocycles. The molecule has 2 aliphatic carbocycles. The van der Waals surface area contributed by atoms with Gasteiger partial charge in [0.2, 0.25) is 6.41 Å². The van der Waals surface area contributed by atoms with Crippen LogP contribution >= 0.6 is 0 Å². The van der Waals surface area contributed by atoms with Gasteiger partial charge >= 0.3 is 5.97 Å². The SMILES string of the molecule is C1CC2CCC1C2.COC(=O)/C=C/c1cc(F)cc(N(C=O)Cc2ccc(-c3ccc(N(C)C)cc3)cc2)c1. The summed E-state index contributed by atoms with van der Waals surface area (Å²) < 4.78 is 18.6. The number of methoxy groups -OCH3 is 1. The van der Waals surface area contributed by atoms with E-state index in [4.69, 9.17) is 0 Å². The molecule has 0 aliphatic heterocycles. The maximum absolute atomic E-state index is 14.1. The molecule has 1 amide bonds. The van der Waals surface area contributed by atoms with Crippen LogP contribution in [0, 0.1) is 17.7 Å². The zero-order valence-corrected chi connectivity index (χ0v) is 23.0. The van der Waals surface area contributed by atoms with E-state index >= 15 is 0 Å². The van der Waals surface area contributed by atoms with E-state index < -0.39 is 11.8 Å². The van der Waals surface area contributed by atoms with Gasteiger partial charge < -0.3 is 14.5 Å². The number of amides is 1. The van der Waals surface area contributed by atoms with Crippen molar-refractivity contribution in [3.63, 3.8) is 0 Å². The Bertz CT molecular complexity index is 1270. The predicted molar refractivity (Wildman–Crippen MR) is 156 cm³/mol. The van der Waals surface area contributed by atoms with Gasteiger partial charge in [0, 0.05) is 31.5 Å². The highest BCUT2D eigenvalue weighted by Gasteiger charge is 2.30. The number of ether oxygens (including phenoxy) is 1. The third kappa shape index (κ3) is 7.79. The largest absolute Gasteiger partial charge is 0.466 e. The Labute approximate surface area is 230 Å². The summed E-state index contributed by atoms with van der Waals surface area (Å²) in [4.78, 5) is 26.5. The number of carbonyl (C=O) groups is 2. The van der Waals surface area contributed by atoms with Gasteiger partial charge in [-0.2, -0.15) is 0 Å². The summed E-state index contributed by atoms with van der Waals surface area (Å²) in [6, 6.07) is 20.4. The summed E-state index contributed by atoms with van der Waals surface area (Å²) in [5, 5.41) is 0. The van der Waals surface area contributed by atoms with E-state index in [1.54, 1.807) is 38.2 Å². The Morgan fingerprint density at radius 1 is 0.897 bits per heavy atom. The van der Waals surface area contributed by atoms with Crippen molar-refractivity contribution in [2.45, 2.75) is 38.6 Å². The quantitative estimate of drug-likeness (QED) is 0.178. The normalized spacial score (nSPS) is 17.4. The molecule has 5 rings (SSSR count). The molecule has 0 atom stereocenters. The number of carbonyl (C=O) groups excluding carboxylic acids is 2. The third-order valence-electron chi connectivity index (χ3n) is 7.63. The molecule has 5 nitrogen and oxygen atoms in total. The predicted octanol–water partition coefficient (Wildman–Crippen LogP) is 7.10. The zero-order valence-electron chi connectivity index (χ0n) is 23.0. The van der Waals surface area contributed by atoms with Gasteiger partial charge in [-0.25, -0.2) is 9.18 Å². The molecule has 204 valence electrons. The van der Waals surface area contributed by atoms with Crippen molar-refractivity contribution in [3.8, 4) is 11.1 Å². The number of anilines is 2. The van der Waals surface area contributed by atoms with Crippen LogP contribution in [0.5, 0.6) is 0 Å². The van der Waals surface area contributed by atoms with Crippen LogP contribution in [0.25, 0.3) is 17.2 Å². The molecule has 2 saturated carbocycles. The monoisotopic (exact) mass is 528 g/mol. The minimum atomic E-state index is -0.542. The van der Waals surface area contributed by atoms with Gasteiger partial charge in [0.25, 0.3) is 0 Å². The highest BCUT2D eigenvalue weighted by Crippen LogP contribution is 2.43. The van der Waals surface area contributed by atoms with Gasteiger partial charge in [0.1, 0.15) is 5.82 Å². The van der Waals surface area contributed by atoms with E-state index in [1.807, 2.05) is 43.3 Å². The van der Waals surface area contributed by atoms with Gasteiger partial charge in [-0.1, -0.05) is 62.1 Å². The van der Waals surface area contributed by atoms with Gasteiger partial charge in [-0.3, -0.25) is 4.79 Å². The Morgan fingerprint density at radius 2 is 1.49 bits per heavy atom. The number of esters is 1. The summed E-state index contributed by atoms with van der Waals surface area (Å²) in [6.45, 7) is 0.285. The van der Waals surface area contributed by atoms with Gasteiger partial charge in [0.05, 0.1) is 13.7 Å². The number of benzene rings is 3. The first-order valence-corrected chi connectivity index (χ1v) is 13.5. The Morgan fingerprint density at radius 3 is 1.97 bits per heavy atom. The Kier molecular flexibility index (Phi) is 9.53. The summed E-state index contributed by atoms with van der Waals surface area (Å²) in [5.41, 5.74) is 5.05. The fourth-order valence-electron chi connectivity index (χ4n) is 5.41. The van der Waals surface area contributed by atoms with Crippen molar-refractivity contribution in [2.24, 2.45) is 11.8 Å². The van der Waals surface area contributed by atoms with Crippen LogP contribution in [0.1, 0.15) is 43.2 Å². The van der Waals surface area contributed by atoms with E-state index in [0.717, 1.165) is 22.4 Å². The number of hydrogen-bond donors (Lipinski definition) is 0. The molecule has 0 heterocycles. The smallest absolute Gasteiger partial charge is 0.330 e. The molecule has 2 bridgehead atoms. The number of halogens is 1. The molecule has 3 aromatic rings. The fourth-order valence-corrected chi connectivity index (χ4v) is 5.41. The van der Waals surface area contributed by atoms with Crippen molar-refractivity contribution < 1.29 is 18.7 Å². The maximum atomic E-state index is 14.1. The van der Waals surface area contributed by atoms with Crippen LogP contribution in [0.4, 0.5) is 15.8 Å². The van der Waals surface area contributed by atoms with Crippen molar-refractivity contribution >= 4 is 29.8 Å². The second-order valence-electron chi connectivity index (χ2n) is 10.6. The lowest BCUT2D eigenvalue weighted by Crippen LogP contribution is -2.20. The molecule has 2 aliphatic rings. The van der Waals surface area contributed by atoms with E-state index in [1.165, 1.54) is 48.1 Å². The average molecular weight is 529 g/mol. The van der Waals surface area contributed by atoms with E-state index in [2.05, 4.69) is 29.0 Å². The van der Waals surface area contributed by atoms with Crippen molar-refractivity contribution in [1.82, 2.24) is 0 Å². The van der Waals surface area contributed by atoms with Crippen LogP contribution in [-0.4, -0.2) is 33.6 Å². The second-order valence-corrected chi connectivity index (χ2v) is 10.6. The topological polar surface area (TPSA) is 49.9 Å². The Hall–Kier alpha value is -3.93. The number of nitrogens with zero attached hydrogens (tertiary/aromatic N) is 2. The molecule has 6 heteroatoms. The molecule has 0 radical (unpaired) electrons. The van der Waals surface area contributed by atoms with Gasteiger partial charge in [-0.15, -0.1) is 0 Å². The van der Waals surface area contributed by atoms with Crippen LogP contribution in [0.15, 0.2) is 72.8 Å². The molecule has 0 spiro atoms. The lowest BCUT2D eigenvalue weighted by atomic mass is 10.0. The van der Waals surface area contributed by atoms with Crippen LogP contribution in [-0.2, 0) is 20.9 Å². The van der Waals surface area contributed by atoms with Crippen molar-refractivity contribution in [1.29, 1.82) is 0 Å². The lowest BCUT2D eigenvalue weighted by Gasteiger charge is -2.19. The molecular weight excluding hydrogens is 491 g/mol. The van der Waals surface area contributed by atoms with Gasteiger partial charge in [0.15, 0.2) is 0 Å². The Balaban J connectivity index is 0.000000429.